The predicted molar refractivity (Wildman–Crippen MR) is 136 cm³/mol. The maximum atomic E-state index is 13.7. The van der Waals surface area contributed by atoms with Crippen LogP contribution in [0.4, 0.5) is 8.78 Å². The third-order valence-corrected chi connectivity index (χ3v) is 5.95. The summed E-state index contributed by atoms with van der Waals surface area (Å²) in [6.07, 6.45) is -0.132. The Labute approximate surface area is 210 Å². The number of ketones is 1. The van der Waals surface area contributed by atoms with Crippen LogP contribution in [0.2, 0.25) is 0 Å². The van der Waals surface area contributed by atoms with Crippen molar-refractivity contribution >= 4 is 11.7 Å². The third kappa shape index (κ3) is 8.66. The Morgan fingerprint density at radius 3 is 2.25 bits per heavy atom. The molecule has 0 radical (unpaired) electrons. The van der Waals surface area contributed by atoms with Gasteiger partial charge in [0.15, 0.2) is 5.78 Å². The van der Waals surface area contributed by atoms with E-state index in [-0.39, 0.29) is 31.6 Å². The molecule has 3 aromatic rings. The summed E-state index contributed by atoms with van der Waals surface area (Å²) >= 11 is 0. The number of aryl methyl sites for hydroxylation is 1. The van der Waals surface area contributed by atoms with E-state index in [0.717, 1.165) is 18.1 Å². The second kappa shape index (κ2) is 13.6. The van der Waals surface area contributed by atoms with Crippen LogP contribution in [0.1, 0.15) is 46.8 Å². The van der Waals surface area contributed by atoms with Crippen molar-refractivity contribution in [1.29, 1.82) is 0 Å². The zero-order valence-corrected chi connectivity index (χ0v) is 20.3. The summed E-state index contributed by atoms with van der Waals surface area (Å²) in [4.78, 5) is 25.0. The van der Waals surface area contributed by atoms with E-state index in [9.17, 15) is 23.5 Å². The Morgan fingerprint density at radius 1 is 0.861 bits per heavy atom. The first-order valence-corrected chi connectivity index (χ1v) is 12.1. The number of aliphatic hydroxyl groups is 1. The Balaban J connectivity index is 1.62. The van der Waals surface area contributed by atoms with E-state index in [4.69, 9.17) is 0 Å². The maximum absolute atomic E-state index is 13.7. The summed E-state index contributed by atoms with van der Waals surface area (Å²) < 4.78 is 27.5. The summed E-state index contributed by atoms with van der Waals surface area (Å²) in [6.45, 7) is 2.75. The normalized spacial score (nSPS) is 12.7. The summed E-state index contributed by atoms with van der Waals surface area (Å²) in [5.74, 6) is -2.04. The van der Waals surface area contributed by atoms with Gasteiger partial charge in [-0.3, -0.25) is 9.59 Å². The molecule has 5 nitrogen and oxygen atoms in total. The van der Waals surface area contributed by atoms with Crippen molar-refractivity contribution in [2.75, 3.05) is 6.54 Å². The Morgan fingerprint density at radius 2 is 1.56 bits per heavy atom. The van der Waals surface area contributed by atoms with Gasteiger partial charge in [-0.2, -0.15) is 0 Å². The molecule has 0 aliphatic rings. The molecule has 3 rings (SSSR count). The molecule has 0 bridgehead atoms. The number of carbonyl (C=O) groups is 2. The summed E-state index contributed by atoms with van der Waals surface area (Å²) in [7, 11) is 0. The van der Waals surface area contributed by atoms with Crippen LogP contribution in [0.25, 0.3) is 0 Å². The van der Waals surface area contributed by atoms with E-state index in [1.807, 2.05) is 18.2 Å². The summed E-state index contributed by atoms with van der Waals surface area (Å²) in [5, 5.41) is 16.8. The van der Waals surface area contributed by atoms with Gasteiger partial charge in [0.25, 0.3) is 0 Å². The lowest BCUT2D eigenvalue weighted by Gasteiger charge is -2.25. The lowest BCUT2D eigenvalue weighted by Crippen LogP contribution is -2.48. The molecule has 7 heteroatoms. The Bertz CT molecular complexity index is 1130. The van der Waals surface area contributed by atoms with Gasteiger partial charge in [0.1, 0.15) is 11.6 Å². The van der Waals surface area contributed by atoms with Crippen molar-refractivity contribution < 1.29 is 23.5 Å². The second-order valence-corrected chi connectivity index (χ2v) is 8.82. The minimum Gasteiger partial charge on any atom is -0.390 e. The first-order valence-electron chi connectivity index (χ1n) is 12.1. The molecule has 36 heavy (non-hydrogen) atoms. The SMILES string of the molecule is CCc1cccc(CNCC(O)C(Cc2cc(F)cc(F)c2)NC(=O)CCC(=O)c2ccccc2)c1. The quantitative estimate of drug-likeness (QED) is 0.309. The van der Waals surface area contributed by atoms with E-state index < -0.39 is 29.7 Å². The summed E-state index contributed by atoms with van der Waals surface area (Å²) in [6, 6.07) is 19.1. The highest BCUT2D eigenvalue weighted by Gasteiger charge is 2.23. The van der Waals surface area contributed by atoms with E-state index in [1.54, 1.807) is 30.3 Å². The number of carbonyl (C=O) groups excluding carboxylic acids is 2. The van der Waals surface area contributed by atoms with Crippen LogP contribution in [-0.4, -0.2) is 35.5 Å². The number of nitrogens with one attached hydrogen (secondary N) is 2. The average molecular weight is 495 g/mol. The molecule has 0 aromatic heterocycles. The largest absolute Gasteiger partial charge is 0.390 e. The van der Waals surface area contributed by atoms with Crippen LogP contribution >= 0.6 is 0 Å². The minimum absolute atomic E-state index is 0.0132. The Kier molecular flexibility index (Phi) is 10.3. The van der Waals surface area contributed by atoms with Crippen LogP contribution < -0.4 is 10.6 Å². The van der Waals surface area contributed by atoms with Crippen LogP contribution in [0, 0.1) is 11.6 Å². The highest BCUT2D eigenvalue weighted by atomic mass is 19.1. The van der Waals surface area contributed by atoms with E-state index >= 15 is 0 Å². The van der Waals surface area contributed by atoms with Crippen molar-refractivity contribution in [2.24, 2.45) is 0 Å². The number of benzene rings is 3. The molecule has 0 saturated heterocycles. The second-order valence-electron chi connectivity index (χ2n) is 8.82. The number of aliphatic hydroxyl groups excluding tert-OH is 1. The van der Waals surface area contributed by atoms with Gasteiger partial charge >= 0.3 is 0 Å². The molecule has 190 valence electrons. The maximum Gasteiger partial charge on any atom is 0.220 e. The van der Waals surface area contributed by atoms with Crippen molar-refractivity contribution in [2.45, 2.75) is 51.3 Å². The van der Waals surface area contributed by atoms with E-state index in [0.29, 0.717) is 17.7 Å². The number of Topliss-reactive ketones (excluding diaryl/α,β-unsaturated/α-hetero) is 1. The van der Waals surface area contributed by atoms with Crippen molar-refractivity contribution in [3.8, 4) is 0 Å². The van der Waals surface area contributed by atoms with Crippen LogP contribution in [-0.2, 0) is 24.2 Å². The molecule has 1 amide bonds. The fourth-order valence-corrected chi connectivity index (χ4v) is 4.01. The molecular formula is C29H32F2N2O3. The van der Waals surface area contributed by atoms with Gasteiger partial charge in [-0.1, -0.05) is 61.5 Å². The molecule has 0 saturated carbocycles. The predicted octanol–water partition coefficient (Wildman–Crippen LogP) is 4.37. The van der Waals surface area contributed by atoms with Crippen molar-refractivity contribution in [1.82, 2.24) is 10.6 Å². The van der Waals surface area contributed by atoms with Crippen LogP contribution in [0.5, 0.6) is 0 Å². The number of amides is 1. The van der Waals surface area contributed by atoms with Gasteiger partial charge in [-0.25, -0.2) is 8.78 Å². The van der Waals surface area contributed by atoms with Crippen molar-refractivity contribution in [3.63, 3.8) is 0 Å². The fraction of sp³-hybridized carbons (Fsp3) is 0.310. The van der Waals surface area contributed by atoms with Gasteiger partial charge in [-0.05, 0) is 41.7 Å². The van der Waals surface area contributed by atoms with E-state index in [1.165, 1.54) is 17.7 Å². The number of hydrogen-bond acceptors (Lipinski definition) is 4. The molecule has 3 N–H and O–H groups in total. The zero-order chi connectivity index (χ0) is 25.9. The lowest BCUT2D eigenvalue weighted by molar-refractivity contribution is -0.122. The van der Waals surface area contributed by atoms with Gasteiger partial charge in [0, 0.05) is 37.6 Å². The monoisotopic (exact) mass is 494 g/mol. The van der Waals surface area contributed by atoms with Crippen molar-refractivity contribution in [3.05, 3.63) is 107 Å². The lowest BCUT2D eigenvalue weighted by atomic mass is 10.00. The average Bonchev–Trinajstić information content (AvgIpc) is 2.87. The molecule has 0 heterocycles. The van der Waals surface area contributed by atoms with E-state index in [2.05, 4.69) is 23.6 Å². The molecule has 0 aliphatic carbocycles. The smallest absolute Gasteiger partial charge is 0.220 e. The third-order valence-electron chi connectivity index (χ3n) is 5.95. The van der Waals surface area contributed by atoms with Gasteiger partial charge in [0.2, 0.25) is 5.91 Å². The number of halogens is 2. The molecule has 2 atom stereocenters. The zero-order valence-electron chi connectivity index (χ0n) is 20.3. The molecule has 0 spiro atoms. The molecular weight excluding hydrogens is 462 g/mol. The van der Waals surface area contributed by atoms with Crippen LogP contribution in [0.3, 0.4) is 0 Å². The number of rotatable bonds is 13. The molecule has 0 fully saturated rings. The molecule has 0 aliphatic heterocycles. The van der Waals surface area contributed by atoms with Gasteiger partial charge < -0.3 is 15.7 Å². The first kappa shape index (κ1) is 27.2. The molecule has 3 aromatic carbocycles. The summed E-state index contributed by atoms with van der Waals surface area (Å²) in [5.41, 5.74) is 3.10. The number of hydrogen-bond donors (Lipinski definition) is 3. The standard InChI is InChI=1S/C29H32F2N2O3/c1-2-20-7-6-8-21(13-20)18-32-19-28(35)26(16-22-14-24(30)17-25(31)15-22)33-29(36)12-11-27(34)23-9-4-3-5-10-23/h3-10,13-15,17,26,28,32,35H,2,11-12,16,18-19H2,1H3,(H,33,36). The van der Waals surface area contributed by atoms with Gasteiger partial charge in [-0.15, -0.1) is 0 Å². The minimum atomic E-state index is -1.03. The highest BCUT2D eigenvalue weighted by molar-refractivity contribution is 5.97. The fourth-order valence-electron chi connectivity index (χ4n) is 4.01. The highest BCUT2D eigenvalue weighted by Crippen LogP contribution is 2.13. The first-order chi connectivity index (χ1) is 17.3. The van der Waals surface area contributed by atoms with Crippen LogP contribution in [0.15, 0.2) is 72.8 Å². The molecule has 2 unspecified atom stereocenters. The van der Waals surface area contributed by atoms with Gasteiger partial charge in [0.05, 0.1) is 12.1 Å². The topological polar surface area (TPSA) is 78.4 Å². The Hall–Kier alpha value is -3.42.